The summed E-state index contributed by atoms with van der Waals surface area (Å²) in [6.45, 7) is 3.39. The summed E-state index contributed by atoms with van der Waals surface area (Å²) >= 11 is 0. The fraction of sp³-hybridized carbons (Fsp3) is 0.588. The molecule has 1 aromatic carbocycles. The van der Waals surface area contributed by atoms with Gasteiger partial charge in [-0.05, 0) is 37.0 Å². The van der Waals surface area contributed by atoms with Gasteiger partial charge in [-0.1, -0.05) is 13.0 Å². The molecular weight excluding hydrogens is 285 g/mol. The zero-order chi connectivity index (χ0) is 15.9. The third-order valence-corrected chi connectivity index (χ3v) is 4.06. The van der Waals surface area contributed by atoms with Crippen molar-refractivity contribution >= 4 is 5.91 Å². The smallest absolute Gasteiger partial charge is 0.225 e. The number of nitrogens with one attached hydrogen (secondary N) is 1. The molecule has 1 aliphatic heterocycles. The number of halogens is 1. The molecule has 1 saturated heterocycles. The summed E-state index contributed by atoms with van der Waals surface area (Å²) < 4.78 is 24.2. The highest BCUT2D eigenvalue weighted by Gasteiger charge is 2.30. The molecule has 1 N–H and O–H groups in total. The minimum Gasteiger partial charge on any atom is -0.380 e. The van der Waals surface area contributed by atoms with Crippen LogP contribution in [0, 0.1) is 11.7 Å². The van der Waals surface area contributed by atoms with Gasteiger partial charge in [0.25, 0.3) is 0 Å². The summed E-state index contributed by atoms with van der Waals surface area (Å²) in [6.07, 6.45) is 2.63. The Bertz CT molecular complexity index is 507. The van der Waals surface area contributed by atoms with Gasteiger partial charge in [0, 0.05) is 25.8 Å². The molecule has 1 aliphatic rings. The van der Waals surface area contributed by atoms with Crippen molar-refractivity contribution in [2.75, 3.05) is 13.7 Å². The van der Waals surface area contributed by atoms with Crippen molar-refractivity contribution in [1.29, 1.82) is 0 Å². The van der Waals surface area contributed by atoms with Crippen molar-refractivity contribution in [1.82, 2.24) is 5.32 Å². The zero-order valence-corrected chi connectivity index (χ0v) is 13.2. The number of rotatable bonds is 6. The first-order valence-corrected chi connectivity index (χ1v) is 7.81. The summed E-state index contributed by atoms with van der Waals surface area (Å²) in [7, 11) is 1.53. The van der Waals surface area contributed by atoms with Gasteiger partial charge in [0.1, 0.15) is 5.82 Å². The van der Waals surface area contributed by atoms with Crippen molar-refractivity contribution in [3.8, 4) is 0 Å². The van der Waals surface area contributed by atoms with Crippen LogP contribution in [0.25, 0.3) is 0 Å². The Morgan fingerprint density at radius 3 is 3.05 bits per heavy atom. The third kappa shape index (κ3) is 4.27. The zero-order valence-electron chi connectivity index (χ0n) is 13.2. The number of carbonyl (C=O) groups excluding carboxylic acids is 1. The Morgan fingerprint density at radius 1 is 1.50 bits per heavy atom. The highest BCUT2D eigenvalue weighted by molar-refractivity contribution is 5.79. The van der Waals surface area contributed by atoms with Crippen LogP contribution in [-0.4, -0.2) is 25.7 Å². The number of hydrogen-bond acceptors (Lipinski definition) is 3. The van der Waals surface area contributed by atoms with Crippen LogP contribution >= 0.6 is 0 Å². The van der Waals surface area contributed by atoms with Crippen LogP contribution in [0.1, 0.15) is 37.3 Å². The van der Waals surface area contributed by atoms with E-state index in [2.05, 4.69) is 5.32 Å². The van der Waals surface area contributed by atoms with Gasteiger partial charge >= 0.3 is 0 Å². The topological polar surface area (TPSA) is 47.6 Å². The number of hydrogen-bond donors (Lipinski definition) is 1. The van der Waals surface area contributed by atoms with E-state index in [0.717, 1.165) is 31.4 Å². The first-order chi connectivity index (χ1) is 10.7. The van der Waals surface area contributed by atoms with Crippen molar-refractivity contribution in [2.45, 2.75) is 45.4 Å². The second-order valence-electron chi connectivity index (χ2n) is 5.64. The average molecular weight is 309 g/mol. The molecule has 122 valence electrons. The Hall–Kier alpha value is -1.46. The van der Waals surface area contributed by atoms with E-state index in [1.54, 1.807) is 12.1 Å². The molecular formula is C17H24FNO3. The molecule has 1 aromatic rings. The largest absolute Gasteiger partial charge is 0.380 e. The van der Waals surface area contributed by atoms with Gasteiger partial charge in [-0.15, -0.1) is 0 Å². The second kappa shape index (κ2) is 8.25. The molecule has 0 radical (unpaired) electrons. The van der Waals surface area contributed by atoms with E-state index in [9.17, 15) is 9.18 Å². The summed E-state index contributed by atoms with van der Waals surface area (Å²) in [5, 5.41) is 2.94. The van der Waals surface area contributed by atoms with Crippen LogP contribution in [0.5, 0.6) is 0 Å². The molecule has 0 spiro atoms. The number of ether oxygens (including phenoxy) is 2. The number of methoxy groups -OCH3 is 1. The van der Waals surface area contributed by atoms with E-state index in [1.807, 2.05) is 6.92 Å². The first-order valence-electron chi connectivity index (χ1n) is 7.81. The van der Waals surface area contributed by atoms with Gasteiger partial charge in [0.05, 0.1) is 18.6 Å². The molecule has 1 heterocycles. The molecule has 5 heteroatoms. The summed E-state index contributed by atoms with van der Waals surface area (Å²) in [4.78, 5) is 12.3. The fourth-order valence-electron chi connectivity index (χ4n) is 2.87. The van der Waals surface area contributed by atoms with Crippen LogP contribution in [-0.2, 0) is 27.4 Å². The SMILES string of the molecule is CC[C@H]1OCCC[C@@H]1C(=O)NCc1ccc(F)c(COC)c1. The predicted molar refractivity (Wildman–Crippen MR) is 81.7 cm³/mol. The second-order valence-corrected chi connectivity index (χ2v) is 5.64. The Morgan fingerprint density at radius 2 is 2.32 bits per heavy atom. The van der Waals surface area contributed by atoms with Gasteiger partial charge in [0.2, 0.25) is 5.91 Å². The standard InChI is InChI=1S/C17H24FNO3/c1-3-16-14(5-4-8-22-16)17(20)19-10-12-6-7-15(18)13(9-12)11-21-2/h6-7,9,14,16H,3-5,8,10-11H2,1-2H3,(H,19,20)/t14-,16+/m0/s1. The Balaban J connectivity index is 1.94. The molecule has 0 unspecified atom stereocenters. The minimum atomic E-state index is -0.288. The molecule has 1 amide bonds. The summed E-state index contributed by atoms with van der Waals surface area (Å²) in [5.41, 5.74) is 1.37. The number of benzene rings is 1. The maximum Gasteiger partial charge on any atom is 0.225 e. The van der Waals surface area contributed by atoms with Crippen LogP contribution in [0.4, 0.5) is 4.39 Å². The maximum atomic E-state index is 13.6. The van der Waals surface area contributed by atoms with Crippen molar-refractivity contribution in [3.05, 3.63) is 35.1 Å². The monoisotopic (exact) mass is 309 g/mol. The van der Waals surface area contributed by atoms with Gasteiger partial charge < -0.3 is 14.8 Å². The Labute approximate surface area is 131 Å². The molecule has 0 aromatic heterocycles. The Kier molecular flexibility index (Phi) is 6.34. The lowest BCUT2D eigenvalue weighted by Gasteiger charge is -2.30. The van der Waals surface area contributed by atoms with Crippen molar-refractivity contribution < 1.29 is 18.7 Å². The van der Waals surface area contributed by atoms with E-state index in [-0.39, 0.29) is 30.4 Å². The lowest BCUT2D eigenvalue weighted by molar-refractivity contribution is -0.134. The summed E-state index contributed by atoms with van der Waals surface area (Å²) in [5.74, 6) is -0.356. The molecule has 0 bridgehead atoms. The number of carbonyl (C=O) groups is 1. The first kappa shape index (κ1) is 16.9. The normalized spacial score (nSPS) is 21.6. The molecule has 2 rings (SSSR count). The van der Waals surface area contributed by atoms with E-state index >= 15 is 0 Å². The minimum absolute atomic E-state index is 0.00557. The van der Waals surface area contributed by atoms with Crippen LogP contribution < -0.4 is 5.32 Å². The van der Waals surface area contributed by atoms with E-state index in [4.69, 9.17) is 9.47 Å². The van der Waals surface area contributed by atoms with Crippen LogP contribution in [0.3, 0.4) is 0 Å². The molecule has 0 aliphatic carbocycles. The molecule has 0 saturated carbocycles. The predicted octanol–water partition coefficient (Wildman–Crippen LogP) is 2.79. The molecule has 4 nitrogen and oxygen atoms in total. The van der Waals surface area contributed by atoms with Gasteiger partial charge in [-0.25, -0.2) is 4.39 Å². The number of amides is 1. The van der Waals surface area contributed by atoms with Gasteiger partial charge in [0.15, 0.2) is 0 Å². The van der Waals surface area contributed by atoms with E-state index in [0.29, 0.717) is 12.1 Å². The van der Waals surface area contributed by atoms with Gasteiger partial charge in [-0.2, -0.15) is 0 Å². The molecule has 1 fully saturated rings. The average Bonchev–Trinajstić information content (AvgIpc) is 2.55. The maximum absolute atomic E-state index is 13.6. The lowest BCUT2D eigenvalue weighted by Crippen LogP contribution is -2.41. The quantitative estimate of drug-likeness (QED) is 0.879. The van der Waals surface area contributed by atoms with Gasteiger partial charge in [-0.3, -0.25) is 4.79 Å². The fourth-order valence-corrected chi connectivity index (χ4v) is 2.87. The lowest BCUT2D eigenvalue weighted by atomic mass is 9.92. The van der Waals surface area contributed by atoms with Crippen molar-refractivity contribution in [3.63, 3.8) is 0 Å². The van der Waals surface area contributed by atoms with Crippen LogP contribution in [0.15, 0.2) is 18.2 Å². The third-order valence-electron chi connectivity index (χ3n) is 4.06. The van der Waals surface area contributed by atoms with Crippen molar-refractivity contribution in [2.24, 2.45) is 5.92 Å². The van der Waals surface area contributed by atoms with Crippen LogP contribution in [0.2, 0.25) is 0 Å². The highest BCUT2D eigenvalue weighted by Crippen LogP contribution is 2.23. The van der Waals surface area contributed by atoms with E-state index < -0.39 is 0 Å². The highest BCUT2D eigenvalue weighted by atomic mass is 19.1. The molecule has 22 heavy (non-hydrogen) atoms. The molecule has 2 atom stereocenters. The van der Waals surface area contributed by atoms with E-state index in [1.165, 1.54) is 13.2 Å². The summed E-state index contributed by atoms with van der Waals surface area (Å²) in [6, 6.07) is 4.83.